The van der Waals surface area contributed by atoms with Gasteiger partial charge in [0.1, 0.15) is 0 Å². The number of piperidine rings is 1. The van der Waals surface area contributed by atoms with Gasteiger partial charge in [0.2, 0.25) is 10.0 Å². The Morgan fingerprint density at radius 3 is 2.09 bits per heavy atom. The fourth-order valence-corrected chi connectivity index (χ4v) is 7.02. The highest BCUT2D eigenvalue weighted by Crippen LogP contribution is 2.27. The zero-order chi connectivity index (χ0) is 24.9. The lowest BCUT2D eigenvalue weighted by molar-refractivity contribution is 0.0720. The minimum atomic E-state index is -3.99. The number of carbonyl (C=O) groups is 1. The molecule has 0 unspecified atom stereocenters. The molecule has 1 amide bonds. The SMILES string of the molecule is CCN(CC)S(=O)(=O)c1ccc(NS(=O)(=O)c2ccc(SC)c(C(=O)N3CCCCC3)c2)cc1. The maximum absolute atomic E-state index is 13.1. The van der Waals surface area contributed by atoms with E-state index in [0.29, 0.717) is 31.7 Å². The molecular formula is C23H31N3O5S3. The van der Waals surface area contributed by atoms with Gasteiger partial charge in [-0.3, -0.25) is 9.52 Å². The number of sulfonamides is 2. The van der Waals surface area contributed by atoms with Crippen LogP contribution in [0, 0.1) is 0 Å². The summed E-state index contributed by atoms with van der Waals surface area (Å²) in [6, 6.07) is 10.1. The van der Waals surface area contributed by atoms with Crippen molar-refractivity contribution in [3.05, 3.63) is 48.0 Å². The lowest BCUT2D eigenvalue weighted by atomic mass is 10.1. The number of nitrogens with zero attached hydrogens (tertiary/aromatic N) is 2. The van der Waals surface area contributed by atoms with Crippen molar-refractivity contribution in [2.24, 2.45) is 0 Å². The average molecular weight is 526 g/mol. The van der Waals surface area contributed by atoms with Crippen LogP contribution in [0.4, 0.5) is 5.69 Å². The van der Waals surface area contributed by atoms with E-state index >= 15 is 0 Å². The molecule has 1 aliphatic rings. The van der Waals surface area contributed by atoms with Crippen molar-refractivity contribution in [1.82, 2.24) is 9.21 Å². The van der Waals surface area contributed by atoms with Gasteiger partial charge in [0, 0.05) is 36.8 Å². The normalized spacial score (nSPS) is 14.9. The Kier molecular flexibility index (Phi) is 8.66. The van der Waals surface area contributed by atoms with E-state index in [9.17, 15) is 21.6 Å². The predicted molar refractivity (Wildman–Crippen MR) is 135 cm³/mol. The van der Waals surface area contributed by atoms with Crippen molar-refractivity contribution in [3.63, 3.8) is 0 Å². The number of hydrogen-bond acceptors (Lipinski definition) is 6. The third kappa shape index (κ3) is 5.76. The summed E-state index contributed by atoms with van der Waals surface area (Å²) in [4.78, 5) is 15.7. The Bertz CT molecular complexity index is 1220. The lowest BCUT2D eigenvalue weighted by Crippen LogP contribution is -2.36. The summed E-state index contributed by atoms with van der Waals surface area (Å²) in [6.07, 6.45) is 4.83. The van der Waals surface area contributed by atoms with Gasteiger partial charge in [0.15, 0.2) is 0 Å². The number of rotatable bonds is 9. The first-order chi connectivity index (χ1) is 16.1. The zero-order valence-electron chi connectivity index (χ0n) is 19.7. The van der Waals surface area contributed by atoms with E-state index in [0.717, 1.165) is 24.2 Å². The number of carbonyl (C=O) groups excluding carboxylic acids is 1. The molecule has 1 aliphatic heterocycles. The molecule has 34 heavy (non-hydrogen) atoms. The molecule has 3 rings (SSSR count). The number of thioether (sulfide) groups is 1. The molecule has 8 nitrogen and oxygen atoms in total. The average Bonchev–Trinajstić information content (AvgIpc) is 2.84. The summed E-state index contributed by atoms with van der Waals surface area (Å²) in [5, 5.41) is 0. The molecule has 1 N–H and O–H groups in total. The van der Waals surface area contributed by atoms with E-state index < -0.39 is 20.0 Å². The van der Waals surface area contributed by atoms with Crippen molar-refractivity contribution < 1.29 is 21.6 Å². The smallest absolute Gasteiger partial charge is 0.261 e. The van der Waals surface area contributed by atoms with Crippen molar-refractivity contribution in [1.29, 1.82) is 0 Å². The Hall–Kier alpha value is -2.08. The number of likely N-dealkylation sites (tertiary alicyclic amines) is 1. The van der Waals surface area contributed by atoms with Crippen molar-refractivity contribution in [2.75, 3.05) is 37.2 Å². The van der Waals surface area contributed by atoms with Gasteiger partial charge in [-0.2, -0.15) is 4.31 Å². The fourth-order valence-electron chi connectivity index (χ4n) is 3.91. The zero-order valence-corrected chi connectivity index (χ0v) is 22.1. The minimum absolute atomic E-state index is 0.0227. The van der Waals surface area contributed by atoms with E-state index in [1.165, 1.54) is 52.5 Å². The van der Waals surface area contributed by atoms with Gasteiger partial charge in [-0.05, 0) is 68.0 Å². The van der Waals surface area contributed by atoms with Crippen LogP contribution in [0.2, 0.25) is 0 Å². The van der Waals surface area contributed by atoms with E-state index in [-0.39, 0.29) is 21.4 Å². The van der Waals surface area contributed by atoms with Crippen molar-refractivity contribution in [3.8, 4) is 0 Å². The molecule has 186 valence electrons. The predicted octanol–water partition coefficient (Wildman–Crippen LogP) is 3.87. The Morgan fingerprint density at radius 2 is 1.53 bits per heavy atom. The highest BCUT2D eigenvalue weighted by Gasteiger charge is 2.25. The molecule has 0 saturated carbocycles. The van der Waals surface area contributed by atoms with E-state index in [1.54, 1.807) is 24.8 Å². The summed E-state index contributed by atoms with van der Waals surface area (Å²) in [6.45, 7) is 5.55. The van der Waals surface area contributed by atoms with Crippen LogP contribution in [0.3, 0.4) is 0 Å². The summed E-state index contributed by atoms with van der Waals surface area (Å²) >= 11 is 1.40. The number of anilines is 1. The molecule has 0 spiro atoms. The van der Waals surface area contributed by atoms with Gasteiger partial charge >= 0.3 is 0 Å². The molecule has 0 radical (unpaired) electrons. The number of nitrogens with one attached hydrogen (secondary N) is 1. The molecule has 0 atom stereocenters. The first kappa shape index (κ1) is 26.5. The summed E-state index contributed by atoms with van der Waals surface area (Å²) in [5.74, 6) is -0.160. The molecule has 1 saturated heterocycles. The number of amides is 1. The van der Waals surface area contributed by atoms with Gasteiger partial charge in [-0.25, -0.2) is 16.8 Å². The maximum atomic E-state index is 13.1. The van der Waals surface area contributed by atoms with Crippen LogP contribution in [0.1, 0.15) is 43.5 Å². The number of benzene rings is 2. The van der Waals surface area contributed by atoms with Crippen LogP contribution in [-0.2, 0) is 20.0 Å². The van der Waals surface area contributed by atoms with E-state index in [2.05, 4.69) is 4.72 Å². The maximum Gasteiger partial charge on any atom is 0.261 e. The monoisotopic (exact) mass is 525 g/mol. The highest BCUT2D eigenvalue weighted by atomic mass is 32.2. The van der Waals surface area contributed by atoms with Gasteiger partial charge in [0.25, 0.3) is 15.9 Å². The van der Waals surface area contributed by atoms with Crippen LogP contribution >= 0.6 is 11.8 Å². The summed E-state index contributed by atoms with van der Waals surface area (Å²) < 4.78 is 55.3. The first-order valence-corrected chi connectivity index (χ1v) is 15.4. The Morgan fingerprint density at radius 1 is 0.941 bits per heavy atom. The van der Waals surface area contributed by atoms with Gasteiger partial charge in [-0.1, -0.05) is 13.8 Å². The quantitative estimate of drug-likeness (QED) is 0.499. The third-order valence-electron chi connectivity index (χ3n) is 5.80. The first-order valence-electron chi connectivity index (χ1n) is 11.2. The van der Waals surface area contributed by atoms with Crippen molar-refractivity contribution in [2.45, 2.75) is 47.8 Å². The molecule has 0 aliphatic carbocycles. The highest BCUT2D eigenvalue weighted by molar-refractivity contribution is 7.98. The van der Waals surface area contributed by atoms with Crippen LogP contribution in [0.15, 0.2) is 57.2 Å². The molecule has 11 heteroatoms. The second-order valence-corrected chi connectivity index (χ2v) is 12.4. The Balaban J connectivity index is 1.85. The molecular weight excluding hydrogens is 494 g/mol. The fraction of sp³-hybridized carbons (Fsp3) is 0.435. The van der Waals surface area contributed by atoms with Crippen molar-refractivity contribution >= 4 is 43.4 Å². The molecule has 0 bridgehead atoms. The van der Waals surface area contributed by atoms with Crippen LogP contribution in [-0.4, -0.2) is 64.4 Å². The molecule has 2 aromatic carbocycles. The van der Waals surface area contributed by atoms with Gasteiger partial charge < -0.3 is 4.90 Å². The standard InChI is InChI=1S/C23H31N3O5S3/c1-4-26(5-2)34(30,31)19-11-9-18(10-12-19)24-33(28,29)20-13-14-22(32-3)21(17-20)23(27)25-15-7-6-8-16-25/h9-14,17,24H,4-8,15-16H2,1-3H3. The number of hydrogen-bond donors (Lipinski definition) is 1. The van der Waals surface area contributed by atoms with Gasteiger partial charge in [0.05, 0.1) is 15.4 Å². The van der Waals surface area contributed by atoms with Crippen LogP contribution < -0.4 is 4.72 Å². The van der Waals surface area contributed by atoms with E-state index in [1.807, 2.05) is 6.26 Å². The van der Waals surface area contributed by atoms with Crippen LogP contribution in [0.5, 0.6) is 0 Å². The second kappa shape index (κ2) is 11.1. The minimum Gasteiger partial charge on any atom is -0.339 e. The van der Waals surface area contributed by atoms with Gasteiger partial charge in [-0.15, -0.1) is 11.8 Å². The molecule has 0 aromatic heterocycles. The summed E-state index contributed by atoms with van der Waals surface area (Å²) in [5.41, 5.74) is 0.606. The molecule has 1 fully saturated rings. The summed E-state index contributed by atoms with van der Waals surface area (Å²) in [7, 11) is -7.62. The lowest BCUT2D eigenvalue weighted by Gasteiger charge is -2.27. The topological polar surface area (TPSA) is 104 Å². The third-order valence-corrected chi connectivity index (χ3v) is 10.0. The largest absolute Gasteiger partial charge is 0.339 e. The Labute approximate surface area is 206 Å². The second-order valence-electron chi connectivity index (χ2n) is 7.93. The van der Waals surface area contributed by atoms with Crippen LogP contribution in [0.25, 0.3) is 0 Å². The van der Waals surface area contributed by atoms with E-state index in [4.69, 9.17) is 0 Å². The molecule has 1 heterocycles. The molecule has 2 aromatic rings.